The maximum atomic E-state index is 2.44. The Morgan fingerprint density at radius 1 is 1.40 bits per heavy atom. The highest BCUT2D eigenvalue weighted by molar-refractivity contribution is 5.10. The molecule has 1 rings (SSSR count). The third-order valence-corrected chi connectivity index (χ3v) is 2.45. The van der Waals surface area contributed by atoms with Gasteiger partial charge in [0, 0.05) is 0 Å². The largest absolute Gasteiger partial charge is 0.0820 e. The Morgan fingerprint density at radius 2 is 2.00 bits per heavy atom. The molecule has 0 saturated carbocycles. The maximum Gasteiger partial charge on any atom is -0.0179 e. The number of hydrogen-bond donors (Lipinski definition) is 0. The molecule has 10 heavy (non-hydrogen) atoms. The number of allylic oxidation sites excluding steroid dienone is 2. The molecular weight excluding hydrogens is 120 g/mol. The second kappa shape index (κ2) is 2.41. The predicted molar refractivity (Wildman–Crippen MR) is 45.9 cm³/mol. The molecule has 0 heteroatoms. The average Bonchev–Trinajstić information content (AvgIpc) is 2.11. The van der Waals surface area contributed by atoms with Gasteiger partial charge < -0.3 is 0 Å². The zero-order valence-electron chi connectivity index (χ0n) is 7.57. The minimum Gasteiger partial charge on any atom is -0.0820 e. The van der Waals surface area contributed by atoms with Gasteiger partial charge in [0.1, 0.15) is 0 Å². The molecule has 0 nitrogen and oxygen atoms in total. The third kappa shape index (κ3) is 1.62. The molecule has 0 saturated heterocycles. The van der Waals surface area contributed by atoms with Crippen molar-refractivity contribution in [2.45, 2.75) is 40.5 Å². The zero-order valence-corrected chi connectivity index (χ0v) is 7.57. The normalized spacial score (nSPS) is 26.8. The average molecular weight is 138 g/mol. The zero-order chi connectivity index (χ0) is 7.78. The van der Waals surface area contributed by atoms with Crippen molar-refractivity contribution >= 4 is 0 Å². The summed E-state index contributed by atoms with van der Waals surface area (Å²) in [5.74, 6) is 0.826. The maximum absolute atomic E-state index is 2.44. The van der Waals surface area contributed by atoms with Crippen molar-refractivity contribution in [2.24, 2.45) is 11.3 Å². The molecule has 0 aromatic rings. The Bertz CT molecular complexity index is 146. The van der Waals surface area contributed by atoms with E-state index in [4.69, 9.17) is 0 Å². The van der Waals surface area contributed by atoms with Crippen molar-refractivity contribution in [1.82, 2.24) is 0 Å². The monoisotopic (exact) mass is 138 g/mol. The fourth-order valence-electron chi connectivity index (χ4n) is 1.58. The van der Waals surface area contributed by atoms with E-state index in [1.54, 1.807) is 5.57 Å². The SMILES string of the molecule is CC1=CC(C(C)(C)C)CC1. The van der Waals surface area contributed by atoms with E-state index in [0.717, 1.165) is 5.92 Å². The van der Waals surface area contributed by atoms with Crippen LogP contribution >= 0.6 is 0 Å². The van der Waals surface area contributed by atoms with Gasteiger partial charge in [0.05, 0.1) is 0 Å². The van der Waals surface area contributed by atoms with Gasteiger partial charge in [-0.25, -0.2) is 0 Å². The second-order valence-electron chi connectivity index (χ2n) is 4.52. The molecule has 1 unspecified atom stereocenters. The van der Waals surface area contributed by atoms with Crippen molar-refractivity contribution in [3.05, 3.63) is 11.6 Å². The Hall–Kier alpha value is -0.260. The van der Waals surface area contributed by atoms with Crippen LogP contribution in [0.1, 0.15) is 40.5 Å². The van der Waals surface area contributed by atoms with Crippen molar-refractivity contribution in [3.8, 4) is 0 Å². The lowest BCUT2D eigenvalue weighted by atomic mass is 9.81. The molecular formula is C10H18. The van der Waals surface area contributed by atoms with Crippen LogP contribution in [0.25, 0.3) is 0 Å². The first kappa shape index (κ1) is 7.84. The summed E-state index contributed by atoms with van der Waals surface area (Å²) in [6.45, 7) is 9.22. The van der Waals surface area contributed by atoms with E-state index < -0.39 is 0 Å². The molecule has 0 N–H and O–H groups in total. The highest BCUT2D eigenvalue weighted by atomic mass is 14.3. The van der Waals surface area contributed by atoms with Gasteiger partial charge in [-0.15, -0.1) is 0 Å². The van der Waals surface area contributed by atoms with Gasteiger partial charge in [-0.05, 0) is 31.1 Å². The first-order valence-corrected chi connectivity index (χ1v) is 4.17. The summed E-state index contributed by atoms with van der Waals surface area (Å²) >= 11 is 0. The van der Waals surface area contributed by atoms with Crippen LogP contribution in [0.4, 0.5) is 0 Å². The van der Waals surface area contributed by atoms with E-state index in [1.165, 1.54) is 12.8 Å². The van der Waals surface area contributed by atoms with E-state index >= 15 is 0 Å². The number of rotatable bonds is 0. The molecule has 0 radical (unpaired) electrons. The van der Waals surface area contributed by atoms with Gasteiger partial charge in [0.2, 0.25) is 0 Å². The van der Waals surface area contributed by atoms with Crippen LogP contribution in [-0.2, 0) is 0 Å². The van der Waals surface area contributed by atoms with Crippen molar-refractivity contribution in [2.75, 3.05) is 0 Å². The molecule has 0 spiro atoms. The van der Waals surface area contributed by atoms with E-state index in [9.17, 15) is 0 Å². The van der Waals surface area contributed by atoms with Crippen LogP contribution in [0.5, 0.6) is 0 Å². The lowest BCUT2D eigenvalue weighted by molar-refractivity contribution is 0.290. The molecule has 1 aliphatic carbocycles. The Kier molecular flexibility index (Phi) is 1.89. The van der Waals surface area contributed by atoms with E-state index in [1.807, 2.05) is 0 Å². The lowest BCUT2D eigenvalue weighted by Gasteiger charge is -2.24. The van der Waals surface area contributed by atoms with Crippen molar-refractivity contribution in [1.29, 1.82) is 0 Å². The summed E-state index contributed by atoms with van der Waals surface area (Å²) in [4.78, 5) is 0. The van der Waals surface area contributed by atoms with Crippen LogP contribution in [0.15, 0.2) is 11.6 Å². The van der Waals surface area contributed by atoms with Crippen LogP contribution < -0.4 is 0 Å². The fourth-order valence-corrected chi connectivity index (χ4v) is 1.58. The van der Waals surface area contributed by atoms with Crippen LogP contribution in [-0.4, -0.2) is 0 Å². The third-order valence-electron chi connectivity index (χ3n) is 2.45. The molecule has 0 fully saturated rings. The van der Waals surface area contributed by atoms with Gasteiger partial charge in [-0.1, -0.05) is 32.4 Å². The minimum atomic E-state index is 0.484. The highest BCUT2D eigenvalue weighted by Crippen LogP contribution is 2.37. The summed E-state index contributed by atoms with van der Waals surface area (Å²) in [5.41, 5.74) is 2.07. The lowest BCUT2D eigenvalue weighted by Crippen LogP contribution is -2.15. The topological polar surface area (TPSA) is 0 Å². The predicted octanol–water partition coefficient (Wildman–Crippen LogP) is 3.39. The van der Waals surface area contributed by atoms with Gasteiger partial charge in [-0.2, -0.15) is 0 Å². The quantitative estimate of drug-likeness (QED) is 0.450. The first-order chi connectivity index (χ1) is 4.50. The summed E-state index contributed by atoms with van der Waals surface area (Å²) in [6.07, 6.45) is 5.14. The minimum absolute atomic E-state index is 0.484. The van der Waals surface area contributed by atoms with Gasteiger partial charge in [0.15, 0.2) is 0 Å². The Balaban J connectivity index is 2.61. The van der Waals surface area contributed by atoms with Crippen LogP contribution in [0.2, 0.25) is 0 Å². The van der Waals surface area contributed by atoms with Gasteiger partial charge >= 0.3 is 0 Å². The standard InChI is InChI=1S/C10H18/c1-8-5-6-9(7-8)10(2,3)4/h7,9H,5-6H2,1-4H3. The summed E-state index contributed by atoms with van der Waals surface area (Å²) in [5, 5.41) is 0. The summed E-state index contributed by atoms with van der Waals surface area (Å²) < 4.78 is 0. The van der Waals surface area contributed by atoms with Crippen molar-refractivity contribution < 1.29 is 0 Å². The molecule has 0 aromatic heterocycles. The van der Waals surface area contributed by atoms with Crippen molar-refractivity contribution in [3.63, 3.8) is 0 Å². The summed E-state index contributed by atoms with van der Waals surface area (Å²) in [6, 6.07) is 0. The molecule has 0 amide bonds. The highest BCUT2D eigenvalue weighted by Gasteiger charge is 2.25. The van der Waals surface area contributed by atoms with E-state index in [2.05, 4.69) is 33.8 Å². The molecule has 0 aromatic carbocycles. The van der Waals surface area contributed by atoms with Crippen LogP contribution in [0, 0.1) is 11.3 Å². The van der Waals surface area contributed by atoms with Crippen LogP contribution in [0.3, 0.4) is 0 Å². The number of hydrogen-bond acceptors (Lipinski definition) is 0. The van der Waals surface area contributed by atoms with Gasteiger partial charge in [0.25, 0.3) is 0 Å². The Morgan fingerprint density at radius 3 is 2.20 bits per heavy atom. The first-order valence-electron chi connectivity index (χ1n) is 4.17. The Labute approximate surface area is 64.3 Å². The molecule has 0 aliphatic heterocycles. The smallest absolute Gasteiger partial charge is 0.0179 e. The summed E-state index contributed by atoms with van der Waals surface area (Å²) in [7, 11) is 0. The molecule has 1 atom stereocenters. The fraction of sp³-hybridized carbons (Fsp3) is 0.800. The molecule has 1 aliphatic rings. The van der Waals surface area contributed by atoms with Gasteiger partial charge in [-0.3, -0.25) is 0 Å². The molecule has 0 heterocycles. The second-order valence-corrected chi connectivity index (χ2v) is 4.52. The van der Waals surface area contributed by atoms with E-state index in [0.29, 0.717) is 5.41 Å². The molecule has 0 bridgehead atoms. The van der Waals surface area contributed by atoms with E-state index in [-0.39, 0.29) is 0 Å². The molecule has 58 valence electrons.